The summed E-state index contributed by atoms with van der Waals surface area (Å²) in [4.78, 5) is 9.29. The third-order valence-electron chi connectivity index (χ3n) is 4.68. The van der Waals surface area contributed by atoms with Gasteiger partial charge in [0.2, 0.25) is 5.13 Å². The average molecular weight is 362 g/mol. The maximum atomic E-state index is 5.06. The van der Waals surface area contributed by atoms with E-state index >= 15 is 0 Å². The van der Waals surface area contributed by atoms with Crippen molar-refractivity contribution in [3.63, 3.8) is 0 Å². The van der Waals surface area contributed by atoms with Crippen molar-refractivity contribution < 1.29 is 4.74 Å². The summed E-state index contributed by atoms with van der Waals surface area (Å²) in [5.74, 6) is 0.828. The van der Waals surface area contributed by atoms with Crippen LogP contribution in [-0.2, 0) is 11.2 Å². The van der Waals surface area contributed by atoms with E-state index in [1.807, 2.05) is 0 Å². The molecule has 3 rings (SSSR count). The standard InChI is InChI=1S/C18H27N5OS/c1-22(2)15-8-11-23(12-9-15)16-6-4-14(5-7-16)19-18-20-17(21-25-18)10-13-24-3/h4-7,15H,8-13H2,1-3H3,(H,19,20,21). The van der Waals surface area contributed by atoms with Crippen molar-refractivity contribution >= 4 is 28.0 Å². The van der Waals surface area contributed by atoms with Gasteiger partial charge in [-0.15, -0.1) is 0 Å². The lowest BCUT2D eigenvalue weighted by Gasteiger charge is -2.36. The lowest BCUT2D eigenvalue weighted by atomic mass is 10.0. The zero-order valence-corrected chi connectivity index (χ0v) is 16.1. The second-order valence-corrected chi connectivity index (χ2v) is 7.36. The molecule has 0 atom stereocenters. The Bertz CT molecular complexity index is 650. The Balaban J connectivity index is 1.55. The summed E-state index contributed by atoms with van der Waals surface area (Å²) < 4.78 is 9.40. The predicted octanol–water partition coefficient (Wildman–Crippen LogP) is 3.00. The summed E-state index contributed by atoms with van der Waals surface area (Å²) in [6.45, 7) is 2.89. The van der Waals surface area contributed by atoms with Gasteiger partial charge in [-0.05, 0) is 51.2 Å². The Labute approximate surface area is 154 Å². The van der Waals surface area contributed by atoms with Crippen LogP contribution in [0.15, 0.2) is 24.3 Å². The first kappa shape index (κ1) is 18.1. The SMILES string of the molecule is COCCc1nsc(Nc2ccc(N3CCC(N(C)C)CC3)cc2)n1. The van der Waals surface area contributed by atoms with Crippen molar-refractivity contribution in [2.24, 2.45) is 0 Å². The molecule has 0 aliphatic carbocycles. The number of rotatable bonds is 7. The zero-order chi connectivity index (χ0) is 17.6. The van der Waals surface area contributed by atoms with Gasteiger partial charge in [0.05, 0.1) is 6.61 Å². The normalized spacial score (nSPS) is 15.8. The summed E-state index contributed by atoms with van der Waals surface area (Å²) in [5, 5.41) is 4.16. The van der Waals surface area contributed by atoms with Crippen molar-refractivity contribution in [3.05, 3.63) is 30.1 Å². The van der Waals surface area contributed by atoms with E-state index in [0.29, 0.717) is 12.6 Å². The number of aromatic nitrogens is 2. The van der Waals surface area contributed by atoms with Gasteiger partial charge < -0.3 is 19.9 Å². The molecule has 0 spiro atoms. The summed E-state index contributed by atoms with van der Waals surface area (Å²) in [5.41, 5.74) is 2.34. The van der Waals surface area contributed by atoms with Gasteiger partial charge in [-0.25, -0.2) is 4.98 Å². The van der Waals surface area contributed by atoms with Gasteiger partial charge in [0.25, 0.3) is 0 Å². The number of benzene rings is 1. The van der Waals surface area contributed by atoms with E-state index in [0.717, 1.165) is 36.2 Å². The van der Waals surface area contributed by atoms with Crippen LogP contribution < -0.4 is 10.2 Å². The van der Waals surface area contributed by atoms with Crippen LogP contribution >= 0.6 is 11.5 Å². The van der Waals surface area contributed by atoms with E-state index < -0.39 is 0 Å². The highest BCUT2D eigenvalue weighted by molar-refractivity contribution is 7.09. The first-order valence-electron chi connectivity index (χ1n) is 8.75. The zero-order valence-electron chi connectivity index (χ0n) is 15.2. The number of hydrogen-bond acceptors (Lipinski definition) is 7. The monoisotopic (exact) mass is 361 g/mol. The molecular weight excluding hydrogens is 334 g/mol. The molecule has 2 aromatic rings. The van der Waals surface area contributed by atoms with Gasteiger partial charge >= 0.3 is 0 Å². The number of ether oxygens (including phenoxy) is 1. The molecule has 1 fully saturated rings. The van der Waals surface area contributed by atoms with Gasteiger partial charge in [0.15, 0.2) is 0 Å². The molecular formula is C18H27N5OS. The van der Waals surface area contributed by atoms with Crippen molar-refractivity contribution in [2.45, 2.75) is 25.3 Å². The lowest BCUT2D eigenvalue weighted by Crippen LogP contribution is -2.41. The van der Waals surface area contributed by atoms with Gasteiger partial charge in [0.1, 0.15) is 5.82 Å². The first-order valence-corrected chi connectivity index (χ1v) is 9.53. The molecule has 0 bridgehead atoms. The third-order valence-corrected chi connectivity index (χ3v) is 5.34. The summed E-state index contributed by atoms with van der Waals surface area (Å²) in [6, 6.07) is 9.31. The maximum Gasteiger partial charge on any atom is 0.207 e. The Morgan fingerprint density at radius 2 is 1.96 bits per heavy atom. The van der Waals surface area contributed by atoms with Crippen LogP contribution in [0.25, 0.3) is 0 Å². The van der Waals surface area contributed by atoms with E-state index in [1.54, 1.807) is 7.11 Å². The van der Waals surface area contributed by atoms with Gasteiger partial charge in [-0.1, -0.05) is 0 Å². The Morgan fingerprint density at radius 1 is 1.24 bits per heavy atom. The van der Waals surface area contributed by atoms with E-state index in [4.69, 9.17) is 4.74 Å². The summed E-state index contributed by atoms with van der Waals surface area (Å²) in [6.07, 6.45) is 3.20. The molecule has 136 valence electrons. The minimum Gasteiger partial charge on any atom is -0.384 e. The fourth-order valence-electron chi connectivity index (χ4n) is 3.12. The number of piperidine rings is 1. The van der Waals surface area contributed by atoms with Crippen LogP contribution in [0.1, 0.15) is 18.7 Å². The number of hydrogen-bond donors (Lipinski definition) is 1. The molecule has 1 aromatic heterocycles. The molecule has 2 heterocycles. The predicted molar refractivity (Wildman–Crippen MR) is 104 cm³/mol. The highest BCUT2D eigenvalue weighted by Crippen LogP contribution is 2.25. The molecule has 0 saturated carbocycles. The Morgan fingerprint density at radius 3 is 2.60 bits per heavy atom. The largest absolute Gasteiger partial charge is 0.384 e. The fourth-order valence-corrected chi connectivity index (χ4v) is 3.75. The highest BCUT2D eigenvalue weighted by atomic mass is 32.1. The second-order valence-electron chi connectivity index (χ2n) is 6.61. The number of anilines is 3. The molecule has 1 N–H and O–H groups in total. The van der Waals surface area contributed by atoms with Crippen LogP contribution in [0, 0.1) is 0 Å². The summed E-state index contributed by atoms with van der Waals surface area (Å²) in [7, 11) is 6.04. The van der Waals surface area contributed by atoms with Gasteiger partial charge in [0, 0.05) is 55.6 Å². The van der Waals surface area contributed by atoms with Crippen LogP contribution in [0.5, 0.6) is 0 Å². The Hall–Kier alpha value is -1.70. The second kappa shape index (κ2) is 8.60. The topological polar surface area (TPSA) is 53.5 Å². The molecule has 6 nitrogen and oxygen atoms in total. The first-order chi connectivity index (χ1) is 12.2. The smallest absolute Gasteiger partial charge is 0.207 e. The number of nitrogens with one attached hydrogen (secondary N) is 1. The van der Waals surface area contributed by atoms with Crippen molar-refractivity contribution in [3.8, 4) is 0 Å². The Kier molecular flexibility index (Phi) is 6.23. The van der Waals surface area contributed by atoms with Gasteiger partial charge in [-0.3, -0.25) is 0 Å². The molecule has 1 aliphatic rings. The minimum absolute atomic E-state index is 0.648. The molecule has 25 heavy (non-hydrogen) atoms. The number of methoxy groups -OCH3 is 1. The highest BCUT2D eigenvalue weighted by Gasteiger charge is 2.20. The van der Waals surface area contributed by atoms with E-state index in [-0.39, 0.29) is 0 Å². The molecule has 0 amide bonds. The average Bonchev–Trinajstić information content (AvgIpc) is 3.08. The van der Waals surface area contributed by atoms with Crippen LogP contribution in [-0.4, -0.2) is 61.2 Å². The maximum absolute atomic E-state index is 5.06. The lowest BCUT2D eigenvalue weighted by molar-refractivity contribution is 0.201. The summed E-state index contributed by atoms with van der Waals surface area (Å²) >= 11 is 1.39. The third kappa shape index (κ3) is 4.90. The molecule has 1 aliphatic heterocycles. The van der Waals surface area contributed by atoms with Crippen molar-refractivity contribution in [2.75, 3.05) is 51.1 Å². The quantitative estimate of drug-likeness (QED) is 0.818. The minimum atomic E-state index is 0.648. The van der Waals surface area contributed by atoms with Crippen LogP contribution in [0.2, 0.25) is 0 Å². The van der Waals surface area contributed by atoms with Crippen molar-refractivity contribution in [1.29, 1.82) is 0 Å². The van der Waals surface area contributed by atoms with Crippen LogP contribution in [0.3, 0.4) is 0 Å². The van der Waals surface area contributed by atoms with Crippen molar-refractivity contribution in [1.82, 2.24) is 14.3 Å². The van der Waals surface area contributed by atoms with E-state index in [1.165, 1.54) is 30.1 Å². The molecule has 7 heteroatoms. The van der Waals surface area contributed by atoms with Crippen LogP contribution in [0.4, 0.5) is 16.5 Å². The molecule has 0 unspecified atom stereocenters. The molecule has 1 aromatic carbocycles. The van der Waals surface area contributed by atoms with Gasteiger partial charge in [-0.2, -0.15) is 4.37 Å². The van der Waals surface area contributed by atoms with E-state index in [2.05, 4.69) is 62.8 Å². The fraction of sp³-hybridized carbons (Fsp3) is 0.556. The number of nitrogens with zero attached hydrogens (tertiary/aromatic N) is 4. The molecule has 0 radical (unpaired) electrons. The van der Waals surface area contributed by atoms with E-state index in [9.17, 15) is 0 Å². The molecule has 1 saturated heterocycles.